The minimum absolute atomic E-state index is 0.124. The molecular weight excluding hydrogens is 440 g/mol. The summed E-state index contributed by atoms with van der Waals surface area (Å²) in [6.07, 6.45) is 1.13. The molecule has 2 unspecified atom stereocenters. The fourth-order valence-corrected chi connectivity index (χ4v) is 4.14. The Hall–Kier alpha value is -3.14. The number of rotatable bonds is 8. The minimum Gasteiger partial charge on any atom is -0.444 e. The number of hydrogen-bond donors (Lipinski definition) is 2. The van der Waals surface area contributed by atoms with Crippen LogP contribution < -0.4 is 16.3 Å². The van der Waals surface area contributed by atoms with Gasteiger partial charge in [0.2, 0.25) is 11.8 Å². The fourth-order valence-electron chi connectivity index (χ4n) is 4.14. The number of benzene rings is 1. The van der Waals surface area contributed by atoms with Crippen LogP contribution in [0.2, 0.25) is 0 Å². The number of para-hydroxylation sites is 1. The smallest absolute Gasteiger partial charge is 0.407 e. The first-order valence-electron chi connectivity index (χ1n) is 11.6. The Morgan fingerprint density at radius 2 is 2.00 bits per heavy atom. The lowest BCUT2D eigenvalue weighted by Crippen LogP contribution is -2.44. The van der Waals surface area contributed by atoms with Crippen LogP contribution in [0.15, 0.2) is 23.0 Å². The van der Waals surface area contributed by atoms with Gasteiger partial charge in [0.15, 0.2) is 0 Å². The molecule has 186 valence electrons. The molecule has 2 heterocycles. The third-order valence-electron chi connectivity index (χ3n) is 5.61. The second-order valence-electron chi connectivity index (χ2n) is 9.63. The number of fused-ring (bicyclic) bond motifs is 1. The molecule has 0 saturated carbocycles. The van der Waals surface area contributed by atoms with Gasteiger partial charge in [0, 0.05) is 33.0 Å². The number of hydrogen-bond acceptors (Lipinski definition) is 6. The zero-order chi connectivity index (χ0) is 25.0. The van der Waals surface area contributed by atoms with E-state index in [1.807, 2.05) is 45.9 Å². The van der Waals surface area contributed by atoms with E-state index in [-0.39, 0.29) is 24.1 Å². The molecule has 1 aliphatic heterocycles. The molecule has 2 N–H and O–H groups in total. The van der Waals surface area contributed by atoms with E-state index in [1.54, 1.807) is 11.6 Å². The number of imide groups is 1. The maximum atomic E-state index is 13.0. The Morgan fingerprint density at radius 3 is 2.68 bits per heavy atom. The number of nitrogens with zero attached hydrogens (tertiary/aromatic N) is 2. The maximum Gasteiger partial charge on any atom is 0.407 e. The molecule has 1 fully saturated rings. The number of imidazole rings is 1. The Balaban J connectivity index is 1.63. The summed E-state index contributed by atoms with van der Waals surface area (Å²) in [5, 5.41) is 5.03. The molecule has 0 spiro atoms. The quantitative estimate of drug-likeness (QED) is 0.447. The lowest BCUT2D eigenvalue weighted by atomic mass is 10.0. The number of aryl methyl sites for hydroxylation is 1. The van der Waals surface area contributed by atoms with Gasteiger partial charge in [-0.3, -0.25) is 24.0 Å². The van der Waals surface area contributed by atoms with E-state index in [2.05, 4.69) is 10.6 Å². The Bertz CT molecular complexity index is 1130. The van der Waals surface area contributed by atoms with Crippen molar-refractivity contribution in [1.82, 2.24) is 19.8 Å². The van der Waals surface area contributed by atoms with Gasteiger partial charge in [0.1, 0.15) is 11.6 Å². The minimum atomic E-state index is -0.713. The molecule has 1 aromatic carbocycles. The van der Waals surface area contributed by atoms with Gasteiger partial charge >= 0.3 is 11.8 Å². The monoisotopic (exact) mass is 474 g/mol. The van der Waals surface area contributed by atoms with Crippen LogP contribution >= 0.6 is 0 Å². The predicted molar refractivity (Wildman–Crippen MR) is 127 cm³/mol. The van der Waals surface area contributed by atoms with Crippen LogP contribution in [0.3, 0.4) is 0 Å². The lowest BCUT2D eigenvalue weighted by Gasteiger charge is -2.22. The Morgan fingerprint density at radius 1 is 1.26 bits per heavy atom. The molecule has 0 aliphatic carbocycles. The Kier molecular flexibility index (Phi) is 7.81. The fraction of sp³-hybridized carbons (Fsp3) is 0.583. The van der Waals surface area contributed by atoms with E-state index in [4.69, 9.17) is 9.47 Å². The molecule has 1 aromatic heterocycles. The van der Waals surface area contributed by atoms with E-state index >= 15 is 0 Å². The summed E-state index contributed by atoms with van der Waals surface area (Å²) >= 11 is 0. The first-order chi connectivity index (χ1) is 16.0. The number of aromatic nitrogens is 2. The van der Waals surface area contributed by atoms with E-state index in [9.17, 15) is 19.2 Å². The second kappa shape index (κ2) is 10.4. The summed E-state index contributed by atoms with van der Waals surface area (Å²) in [4.78, 5) is 48.6. The first kappa shape index (κ1) is 25.5. The molecule has 2 aromatic rings. The first-order valence-corrected chi connectivity index (χ1v) is 11.6. The predicted octanol–water partition coefficient (Wildman–Crippen LogP) is 2.18. The largest absolute Gasteiger partial charge is 0.444 e. The highest BCUT2D eigenvalue weighted by atomic mass is 16.6. The number of piperidine rings is 1. The SMILES string of the molecule is CC(Cc1cccc2c1n(C)c(=O)n2C1CCC(=O)NC1=O)OCCCNC(=O)OC(C)(C)C. The van der Waals surface area contributed by atoms with Crippen molar-refractivity contribution in [3.05, 3.63) is 34.2 Å². The van der Waals surface area contributed by atoms with Crippen molar-refractivity contribution < 1.29 is 23.9 Å². The molecule has 1 saturated heterocycles. The summed E-state index contributed by atoms with van der Waals surface area (Å²) in [6.45, 7) is 8.30. The van der Waals surface area contributed by atoms with Gasteiger partial charge in [-0.25, -0.2) is 9.59 Å². The molecule has 3 rings (SSSR count). The standard InChI is InChI=1S/C24H34N4O6/c1-15(33-13-7-12-25-22(31)34-24(2,3)4)14-16-8-6-9-17-20(16)27(5)23(32)28(17)18-10-11-19(29)26-21(18)30/h6,8-9,15,18H,7,10-14H2,1-5H3,(H,25,31)(H,26,29,30). The number of carbonyl (C=O) groups excluding carboxylic acids is 3. The maximum absolute atomic E-state index is 13.0. The summed E-state index contributed by atoms with van der Waals surface area (Å²) in [5.41, 5.74) is 1.52. The highest BCUT2D eigenvalue weighted by Crippen LogP contribution is 2.25. The highest BCUT2D eigenvalue weighted by Gasteiger charge is 2.31. The van der Waals surface area contributed by atoms with E-state index < -0.39 is 23.6 Å². The number of nitrogens with one attached hydrogen (secondary N) is 2. The zero-order valence-electron chi connectivity index (χ0n) is 20.5. The number of ether oxygens (including phenoxy) is 2. The molecule has 0 bridgehead atoms. The molecule has 0 radical (unpaired) electrons. The topological polar surface area (TPSA) is 121 Å². The average Bonchev–Trinajstić information content (AvgIpc) is 2.98. The van der Waals surface area contributed by atoms with Crippen molar-refractivity contribution in [2.24, 2.45) is 7.05 Å². The third-order valence-corrected chi connectivity index (χ3v) is 5.61. The van der Waals surface area contributed by atoms with Gasteiger partial charge in [-0.15, -0.1) is 0 Å². The third kappa shape index (κ3) is 6.05. The van der Waals surface area contributed by atoms with Crippen molar-refractivity contribution >= 4 is 28.9 Å². The van der Waals surface area contributed by atoms with Crippen LogP contribution in [0.5, 0.6) is 0 Å². The van der Waals surface area contributed by atoms with Crippen LogP contribution in [-0.4, -0.2) is 51.9 Å². The van der Waals surface area contributed by atoms with Crippen molar-refractivity contribution in [2.75, 3.05) is 13.2 Å². The van der Waals surface area contributed by atoms with Crippen LogP contribution in [0.25, 0.3) is 11.0 Å². The van der Waals surface area contributed by atoms with Crippen molar-refractivity contribution in [3.63, 3.8) is 0 Å². The summed E-state index contributed by atoms with van der Waals surface area (Å²) in [6, 6.07) is 4.91. The van der Waals surface area contributed by atoms with Crippen LogP contribution in [0, 0.1) is 0 Å². The van der Waals surface area contributed by atoms with Gasteiger partial charge in [-0.1, -0.05) is 12.1 Å². The molecule has 10 nitrogen and oxygen atoms in total. The molecular formula is C24H34N4O6. The average molecular weight is 475 g/mol. The van der Waals surface area contributed by atoms with Crippen LogP contribution in [0.4, 0.5) is 4.79 Å². The van der Waals surface area contributed by atoms with Gasteiger partial charge in [-0.05, 0) is 52.2 Å². The molecule has 3 amide bonds. The molecule has 1 aliphatic rings. The van der Waals surface area contributed by atoms with Crippen LogP contribution in [0.1, 0.15) is 58.6 Å². The van der Waals surface area contributed by atoms with Crippen molar-refractivity contribution in [2.45, 2.75) is 71.1 Å². The summed E-state index contributed by atoms with van der Waals surface area (Å²) < 4.78 is 14.1. The van der Waals surface area contributed by atoms with E-state index in [0.717, 1.165) is 11.1 Å². The Labute approximate surface area is 198 Å². The summed E-state index contributed by atoms with van der Waals surface area (Å²) in [5.74, 6) is -0.768. The van der Waals surface area contributed by atoms with E-state index in [1.165, 1.54) is 4.57 Å². The molecule has 10 heteroatoms. The zero-order valence-corrected chi connectivity index (χ0v) is 20.5. The van der Waals surface area contributed by atoms with Crippen molar-refractivity contribution in [1.29, 1.82) is 0 Å². The molecule has 2 atom stereocenters. The van der Waals surface area contributed by atoms with E-state index in [0.29, 0.717) is 37.9 Å². The second-order valence-corrected chi connectivity index (χ2v) is 9.63. The normalized spacial score (nSPS) is 17.5. The van der Waals surface area contributed by atoms with Crippen molar-refractivity contribution in [3.8, 4) is 0 Å². The number of amides is 3. The highest BCUT2D eigenvalue weighted by molar-refractivity contribution is 6.00. The van der Waals surface area contributed by atoms with Crippen LogP contribution in [-0.2, 0) is 32.5 Å². The molecule has 34 heavy (non-hydrogen) atoms. The van der Waals surface area contributed by atoms with Gasteiger partial charge in [0.05, 0.1) is 17.1 Å². The number of alkyl carbamates (subject to hydrolysis) is 1. The summed E-state index contributed by atoms with van der Waals surface area (Å²) in [7, 11) is 1.68. The lowest BCUT2D eigenvalue weighted by molar-refractivity contribution is -0.135. The van der Waals surface area contributed by atoms with Gasteiger partial charge < -0.3 is 14.8 Å². The number of carbonyl (C=O) groups is 3. The van der Waals surface area contributed by atoms with Gasteiger partial charge in [-0.2, -0.15) is 0 Å². The van der Waals surface area contributed by atoms with Gasteiger partial charge in [0.25, 0.3) is 0 Å².